The van der Waals surface area contributed by atoms with Crippen molar-refractivity contribution in [2.45, 2.75) is 13.3 Å². The van der Waals surface area contributed by atoms with Gasteiger partial charge in [0.05, 0.1) is 6.61 Å². The van der Waals surface area contributed by atoms with Gasteiger partial charge in [-0.25, -0.2) is 9.18 Å². The summed E-state index contributed by atoms with van der Waals surface area (Å²) in [6, 6.07) is 11.9. The topological polar surface area (TPSA) is 75.7 Å². The van der Waals surface area contributed by atoms with Crippen LogP contribution < -0.4 is 10.1 Å². The van der Waals surface area contributed by atoms with Crippen LogP contribution >= 0.6 is 0 Å². The molecule has 0 aromatic heterocycles. The summed E-state index contributed by atoms with van der Waals surface area (Å²) in [5, 5.41) is 2.18. The zero-order chi connectivity index (χ0) is 20.1. The minimum Gasteiger partial charge on any atom is -0.494 e. The van der Waals surface area contributed by atoms with Crippen LogP contribution in [0.4, 0.5) is 9.18 Å². The molecule has 0 atom stereocenters. The maximum Gasteiger partial charge on any atom is 0.331 e. The van der Waals surface area contributed by atoms with Gasteiger partial charge < -0.3 is 4.74 Å². The van der Waals surface area contributed by atoms with Gasteiger partial charge in [0.25, 0.3) is 11.8 Å². The summed E-state index contributed by atoms with van der Waals surface area (Å²) in [6.45, 7) is 2.48. The molecule has 6 nitrogen and oxygen atoms in total. The van der Waals surface area contributed by atoms with Gasteiger partial charge in [-0.3, -0.25) is 19.8 Å². The molecule has 0 aliphatic carbocycles. The van der Waals surface area contributed by atoms with E-state index in [1.165, 1.54) is 18.2 Å². The first-order valence-electron chi connectivity index (χ1n) is 8.84. The first-order valence-corrected chi connectivity index (χ1v) is 8.84. The molecule has 0 radical (unpaired) electrons. The standard InChI is InChI=1S/C21H19FN2O4/c1-2-28-17-9-5-15(6-10-17)13-18-19(25)23-21(27)24(20(18)26)12-11-14-3-7-16(22)8-4-14/h3-10,13H,2,11-12H2,1H3,(H,23,25,27)/b18-13+. The van der Waals surface area contributed by atoms with Crippen molar-refractivity contribution < 1.29 is 23.5 Å². The van der Waals surface area contributed by atoms with Crippen LogP contribution in [0.3, 0.4) is 0 Å². The van der Waals surface area contributed by atoms with Crippen LogP contribution in [0.1, 0.15) is 18.1 Å². The van der Waals surface area contributed by atoms with Crippen LogP contribution in [0, 0.1) is 5.82 Å². The summed E-state index contributed by atoms with van der Waals surface area (Å²) < 4.78 is 18.4. The van der Waals surface area contributed by atoms with Gasteiger partial charge in [-0.2, -0.15) is 0 Å². The Morgan fingerprint density at radius 1 is 1.04 bits per heavy atom. The van der Waals surface area contributed by atoms with E-state index in [1.807, 2.05) is 6.92 Å². The number of halogens is 1. The first-order chi connectivity index (χ1) is 13.5. The van der Waals surface area contributed by atoms with E-state index in [1.54, 1.807) is 36.4 Å². The van der Waals surface area contributed by atoms with Crippen molar-refractivity contribution in [3.8, 4) is 5.75 Å². The highest BCUT2D eigenvalue weighted by Crippen LogP contribution is 2.18. The van der Waals surface area contributed by atoms with Gasteiger partial charge in [-0.1, -0.05) is 24.3 Å². The number of nitrogens with zero attached hydrogens (tertiary/aromatic N) is 1. The fourth-order valence-electron chi connectivity index (χ4n) is 2.78. The normalized spacial score (nSPS) is 15.7. The third-order valence-electron chi connectivity index (χ3n) is 4.23. The maximum atomic E-state index is 13.0. The van der Waals surface area contributed by atoms with Crippen LogP contribution in [-0.4, -0.2) is 35.9 Å². The van der Waals surface area contributed by atoms with Gasteiger partial charge in [-0.15, -0.1) is 0 Å². The summed E-state index contributed by atoms with van der Waals surface area (Å²) in [7, 11) is 0. The van der Waals surface area contributed by atoms with Crippen LogP contribution in [0.15, 0.2) is 54.1 Å². The third kappa shape index (κ3) is 4.43. The Labute approximate surface area is 161 Å². The maximum absolute atomic E-state index is 13.0. The number of barbiturate groups is 1. The summed E-state index contributed by atoms with van der Waals surface area (Å²) in [5.41, 5.74) is 1.29. The van der Waals surface area contributed by atoms with E-state index in [0.29, 0.717) is 24.3 Å². The molecule has 2 aromatic carbocycles. The molecule has 0 spiro atoms. The van der Waals surface area contributed by atoms with Gasteiger partial charge in [0, 0.05) is 6.54 Å². The number of urea groups is 1. The summed E-state index contributed by atoms with van der Waals surface area (Å²) in [6.07, 6.45) is 1.79. The number of rotatable bonds is 6. The Balaban J connectivity index is 1.76. The number of hydrogen-bond donors (Lipinski definition) is 1. The molecule has 7 heteroatoms. The highest BCUT2D eigenvalue weighted by Gasteiger charge is 2.35. The number of imide groups is 2. The summed E-state index contributed by atoms with van der Waals surface area (Å²) in [4.78, 5) is 37.9. The Bertz CT molecular complexity index is 920. The van der Waals surface area contributed by atoms with E-state index in [2.05, 4.69) is 5.32 Å². The van der Waals surface area contributed by atoms with E-state index < -0.39 is 17.8 Å². The lowest BCUT2D eigenvalue weighted by atomic mass is 10.1. The smallest absolute Gasteiger partial charge is 0.331 e. The second-order valence-electron chi connectivity index (χ2n) is 6.15. The molecule has 1 aliphatic rings. The molecule has 144 valence electrons. The molecule has 0 saturated carbocycles. The number of nitrogens with one attached hydrogen (secondary N) is 1. The molecule has 1 N–H and O–H groups in total. The van der Waals surface area contributed by atoms with Crippen LogP contribution in [-0.2, 0) is 16.0 Å². The molecule has 1 fully saturated rings. The largest absolute Gasteiger partial charge is 0.494 e. The predicted molar refractivity (Wildman–Crippen MR) is 101 cm³/mol. The lowest BCUT2D eigenvalue weighted by molar-refractivity contribution is -0.130. The van der Waals surface area contributed by atoms with Crippen molar-refractivity contribution in [2.75, 3.05) is 13.2 Å². The molecule has 4 amide bonds. The van der Waals surface area contributed by atoms with Crippen molar-refractivity contribution in [3.63, 3.8) is 0 Å². The molecule has 2 aromatic rings. The van der Waals surface area contributed by atoms with E-state index in [0.717, 1.165) is 10.5 Å². The van der Waals surface area contributed by atoms with Crippen molar-refractivity contribution in [3.05, 3.63) is 71.0 Å². The number of ether oxygens (including phenoxy) is 1. The average molecular weight is 382 g/mol. The lowest BCUT2D eigenvalue weighted by Crippen LogP contribution is -2.54. The van der Waals surface area contributed by atoms with Crippen molar-refractivity contribution in [1.82, 2.24) is 10.2 Å². The number of carbonyl (C=O) groups excluding carboxylic acids is 3. The summed E-state index contributed by atoms with van der Waals surface area (Å²) >= 11 is 0. The third-order valence-corrected chi connectivity index (χ3v) is 4.23. The van der Waals surface area contributed by atoms with E-state index in [4.69, 9.17) is 4.74 Å². The van der Waals surface area contributed by atoms with Gasteiger partial charge in [0.2, 0.25) is 0 Å². The number of amides is 4. The van der Waals surface area contributed by atoms with E-state index in [-0.39, 0.29) is 17.9 Å². The Hall–Kier alpha value is -3.48. The lowest BCUT2D eigenvalue weighted by Gasteiger charge is -2.26. The van der Waals surface area contributed by atoms with Crippen LogP contribution in [0.25, 0.3) is 6.08 Å². The second kappa shape index (κ2) is 8.47. The monoisotopic (exact) mass is 382 g/mol. The minimum atomic E-state index is -0.763. The Morgan fingerprint density at radius 3 is 2.36 bits per heavy atom. The molecule has 28 heavy (non-hydrogen) atoms. The highest BCUT2D eigenvalue weighted by atomic mass is 19.1. The highest BCUT2D eigenvalue weighted by molar-refractivity contribution is 6.31. The van der Waals surface area contributed by atoms with Crippen molar-refractivity contribution >= 4 is 23.9 Å². The number of benzene rings is 2. The molecular formula is C21H19FN2O4. The number of carbonyl (C=O) groups is 3. The van der Waals surface area contributed by atoms with E-state index in [9.17, 15) is 18.8 Å². The van der Waals surface area contributed by atoms with Crippen molar-refractivity contribution in [1.29, 1.82) is 0 Å². The van der Waals surface area contributed by atoms with Crippen molar-refractivity contribution in [2.24, 2.45) is 0 Å². The minimum absolute atomic E-state index is 0.0736. The van der Waals surface area contributed by atoms with Gasteiger partial charge in [-0.05, 0) is 54.8 Å². The van der Waals surface area contributed by atoms with Crippen LogP contribution in [0.5, 0.6) is 5.75 Å². The fraction of sp³-hybridized carbons (Fsp3) is 0.190. The zero-order valence-electron chi connectivity index (χ0n) is 15.3. The number of hydrogen-bond acceptors (Lipinski definition) is 4. The van der Waals surface area contributed by atoms with Crippen LogP contribution in [0.2, 0.25) is 0 Å². The predicted octanol–water partition coefficient (Wildman–Crippen LogP) is 2.93. The molecule has 0 unspecified atom stereocenters. The second-order valence-corrected chi connectivity index (χ2v) is 6.15. The fourth-order valence-corrected chi connectivity index (χ4v) is 2.78. The first kappa shape index (κ1) is 19.3. The molecule has 1 aliphatic heterocycles. The zero-order valence-corrected chi connectivity index (χ0v) is 15.3. The Kier molecular flexibility index (Phi) is 5.84. The van der Waals surface area contributed by atoms with Gasteiger partial charge >= 0.3 is 6.03 Å². The molecular weight excluding hydrogens is 363 g/mol. The van der Waals surface area contributed by atoms with Gasteiger partial charge in [0.15, 0.2) is 0 Å². The molecule has 3 rings (SSSR count). The molecule has 1 heterocycles. The Morgan fingerprint density at radius 2 is 1.71 bits per heavy atom. The quantitative estimate of drug-likeness (QED) is 0.616. The van der Waals surface area contributed by atoms with E-state index >= 15 is 0 Å². The average Bonchev–Trinajstić information content (AvgIpc) is 2.68. The molecule has 1 saturated heterocycles. The van der Waals surface area contributed by atoms with Gasteiger partial charge in [0.1, 0.15) is 17.1 Å². The molecule has 0 bridgehead atoms. The summed E-state index contributed by atoms with van der Waals surface area (Å²) in [5.74, 6) is -1.08. The SMILES string of the molecule is CCOc1ccc(/C=C2\C(=O)NC(=O)N(CCc3ccc(F)cc3)C2=O)cc1.